The lowest BCUT2D eigenvalue weighted by Crippen LogP contribution is -2.52. The fraction of sp³-hybridized carbons (Fsp3) is 0.421. The minimum Gasteiger partial charge on any atom is -0.396 e. The number of carbonyl (C=O) groups excluding carboxylic acids is 1. The van der Waals surface area contributed by atoms with Gasteiger partial charge in [-0.1, -0.05) is 6.58 Å². The topological polar surface area (TPSA) is 103 Å². The zero-order chi connectivity index (χ0) is 19.4. The number of morpholine rings is 1. The summed E-state index contributed by atoms with van der Waals surface area (Å²) in [4.78, 5) is 14.6. The van der Waals surface area contributed by atoms with Gasteiger partial charge < -0.3 is 20.1 Å². The molecule has 1 aliphatic heterocycles. The number of nitrogens with one attached hydrogen (secondary N) is 1. The molecule has 2 aromatic heterocycles. The number of carbonyl (C=O) groups is 1. The molecular weight excluding hydrogens is 346 g/mol. The lowest BCUT2D eigenvalue weighted by molar-refractivity contribution is -0.136. The summed E-state index contributed by atoms with van der Waals surface area (Å²) >= 11 is 0. The molecule has 0 bridgehead atoms. The minimum absolute atomic E-state index is 0.0552. The molecule has 3 rings (SSSR count). The number of hydrogen-bond donors (Lipinski definition) is 2. The zero-order valence-electron chi connectivity index (χ0n) is 15.3. The normalized spacial score (nSPS) is 19.7. The maximum Gasteiger partial charge on any atom is 0.255 e. The highest BCUT2D eigenvalue weighted by Gasteiger charge is 2.31. The van der Waals surface area contributed by atoms with Crippen LogP contribution in [-0.4, -0.2) is 52.5 Å². The quantitative estimate of drug-likeness (QED) is 0.793. The van der Waals surface area contributed by atoms with Crippen molar-refractivity contribution < 1.29 is 14.6 Å². The molecule has 1 fully saturated rings. The van der Waals surface area contributed by atoms with Gasteiger partial charge in [-0.05, 0) is 38.0 Å². The first-order chi connectivity index (χ1) is 13.0. The SMILES string of the molecule is C=C(CCCO)NC(=O)[C@H]1CN(c2ccc(C#N)n3nccc23)C[C@@H](C)O1. The largest absolute Gasteiger partial charge is 0.396 e. The Morgan fingerprint density at radius 1 is 1.48 bits per heavy atom. The Hall–Kier alpha value is -2.89. The van der Waals surface area contributed by atoms with E-state index in [1.54, 1.807) is 16.8 Å². The van der Waals surface area contributed by atoms with Crippen molar-refractivity contribution >= 4 is 17.1 Å². The predicted octanol–water partition coefficient (Wildman–Crippen LogP) is 1.20. The van der Waals surface area contributed by atoms with Crippen LogP contribution in [-0.2, 0) is 9.53 Å². The Morgan fingerprint density at radius 3 is 3.04 bits per heavy atom. The van der Waals surface area contributed by atoms with Gasteiger partial charge in [-0.15, -0.1) is 0 Å². The molecule has 2 aromatic rings. The van der Waals surface area contributed by atoms with Crippen molar-refractivity contribution in [2.45, 2.75) is 32.0 Å². The molecule has 0 aromatic carbocycles. The van der Waals surface area contributed by atoms with E-state index in [2.05, 4.69) is 28.0 Å². The van der Waals surface area contributed by atoms with Gasteiger partial charge in [-0.2, -0.15) is 10.4 Å². The summed E-state index contributed by atoms with van der Waals surface area (Å²) in [6, 6.07) is 7.58. The van der Waals surface area contributed by atoms with E-state index in [1.807, 2.05) is 19.1 Å². The van der Waals surface area contributed by atoms with E-state index < -0.39 is 6.10 Å². The second kappa shape index (κ2) is 8.20. The van der Waals surface area contributed by atoms with Crippen LogP contribution in [0.15, 0.2) is 36.7 Å². The Morgan fingerprint density at radius 2 is 2.30 bits per heavy atom. The first-order valence-electron chi connectivity index (χ1n) is 8.90. The van der Waals surface area contributed by atoms with Gasteiger partial charge in [-0.25, -0.2) is 4.52 Å². The second-order valence-corrected chi connectivity index (χ2v) is 6.60. The molecule has 8 heteroatoms. The molecule has 1 amide bonds. The highest BCUT2D eigenvalue weighted by atomic mass is 16.5. The molecule has 8 nitrogen and oxygen atoms in total. The van der Waals surface area contributed by atoms with E-state index in [1.165, 1.54) is 0 Å². The lowest BCUT2D eigenvalue weighted by Gasteiger charge is -2.37. The van der Waals surface area contributed by atoms with Crippen LogP contribution < -0.4 is 10.2 Å². The van der Waals surface area contributed by atoms with Crippen molar-refractivity contribution in [2.24, 2.45) is 0 Å². The number of anilines is 1. The fourth-order valence-corrected chi connectivity index (χ4v) is 3.26. The van der Waals surface area contributed by atoms with Crippen LogP contribution in [0.25, 0.3) is 5.52 Å². The molecule has 0 spiro atoms. The highest BCUT2D eigenvalue weighted by Crippen LogP contribution is 2.26. The number of ether oxygens (including phenoxy) is 1. The standard InChI is InChI=1S/C19H23N5O3/c1-13(4-3-9-25)22-19(26)18-12-23(11-14(2)27-18)16-6-5-15(10-20)24-17(16)7-8-21-24/h5-8,14,18,25H,1,3-4,9,11-12H2,2H3,(H,22,26)/t14-,18-/m1/s1. The molecule has 0 saturated carbocycles. The molecular formula is C19H23N5O3. The number of aliphatic hydroxyl groups excluding tert-OH is 1. The number of amides is 1. The van der Waals surface area contributed by atoms with E-state index in [0.29, 0.717) is 37.3 Å². The number of aliphatic hydroxyl groups is 1. The van der Waals surface area contributed by atoms with E-state index in [-0.39, 0.29) is 18.6 Å². The molecule has 2 N–H and O–H groups in total. The Bertz CT molecular complexity index is 885. The van der Waals surface area contributed by atoms with Crippen molar-refractivity contribution in [3.8, 4) is 6.07 Å². The fourth-order valence-electron chi connectivity index (χ4n) is 3.26. The van der Waals surface area contributed by atoms with Crippen molar-refractivity contribution in [3.05, 3.63) is 42.4 Å². The van der Waals surface area contributed by atoms with Gasteiger partial charge >= 0.3 is 0 Å². The second-order valence-electron chi connectivity index (χ2n) is 6.60. The Labute approximate surface area is 157 Å². The highest BCUT2D eigenvalue weighted by molar-refractivity contribution is 5.84. The molecule has 1 saturated heterocycles. The Balaban J connectivity index is 1.78. The number of aromatic nitrogens is 2. The average molecular weight is 369 g/mol. The maximum absolute atomic E-state index is 12.6. The van der Waals surface area contributed by atoms with Crippen molar-refractivity contribution in [1.29, 1.82) is 5.26 Å². The number of nitrogens with zero attached hydrogens (tertiary/aromatic N) is 4. The number of allylic oxidation sites excluding steroid dienone is 1. The molecule has 1 aliphatic rings. The van der Waals surface area contributed by atoms with Crippen LogP contribution in [0.3, 0.4) is 0 Å². The summed E-state index contributed by atoms with van der Waals surface area (Å²) in [7, 11) is 0. The summed E-state index contributed by atoms with van der Waals surface area (Å²) in [5, 5.41) is 25.1. The molecule has 3 heterocycles. The molecule has 2 atom stereocenters. The molecule has 0 radical (unpaired) electrons. The summed E-state index contributed by atoms with van der Waals surface area (Å²) in [6.07, 6.45) is 1.95. The Kier molecular flexibility index (Phi) is 5.74. The van der Waals surface area contributed by atoms with E-state index >= 15 is 0 Å². The first-order valence-corrected chi connectivity index (χ1v) is 8.90. The molecule has 0 unspecified atom stereocenters. The van der Waals surface area contributed by atoms with Crippen molar-refractivity contribution in [3.63, 3.8) is 0 Å². The van der Waals surface area contributed by atoms with Gasteiger partial charge in [0.2, 0.25) is 0 Å². The molecule has 27 heavy (non-hydrogen) atoms. The third kappa shape index (κ3) is 4.10. The van der Waals surface area contributed by atoms with Gasteiger partial charge in [0.1, 0.15) is 11.8 Å². The summed E-state index contributed by atoms with van der Waals surface area (Å²) in [5.74, 6) is -0.243. The number of nitriles is 1. The smallest absolute Gasteiger partial charge is 0.255 e. The summed E-state index contributed by atoms with van der Waals surface area (Å²) < 4.78 is 7.42. The predicted molar refractivity (Wildman–Crippen MR) is 100 cm³/mol. The third-order valence-electron chi connectivity index (χ3n) is 4.48. The van der Waals surface area contributed by atoms with E-state index in [0.717, 1.165) is 11.2 Å². The van der Waals surface area contributed by atoms with Gasteiger partial charge in [-0.3, -0.25) is 4.79 Å². The summed E-state index contributed by atoms with van der Waals surface area (Å²) in [6.45, 7) is 6.81. The van der Waals surface area contributed by atoms with Gasteiger partial charge in [0.15, 0.2) is 6.10 Å². The van der Waals surface area contributed by atoms with Crippen LogP contribution in [0.2, 0.25) is 0 Å². The van der Waals surface area contributed by atoms with Gasteiger partial charge in [0, 0.05) is 18.8 Å². The van der Waals surface area contributed by atoms with E-state index in [4.69, 9.17) is 9.84 Å². The number of rotatable bonds is 6. The summed E-state index contributed by atoms with van der Waals surface area (Å²) in [5.41, 5.74) is 2.74. The van der Waals surface area contributed by atoms with Crippen LogP contribution in [0.4, 0.5) is 5.69 Å². The van der Waals surface area contributed by atoms with Gasteiger partial charge in [0.25, 0.3) is 5.91 Å². The zero-order valence-corrected chi connectivity index (χ0v) is 15.3. The van der Waals surface area contributed by atoms with Crippen LogP contribution in [0, 0.1) is 11.3 Å². The van der Waals surface area contributed by atoms with E-state index in [9.17, 15) is 10.1 Å². The number of pyridine rings is 1. The number of fused-ring (bicyclic) bond motifs is 1. The van der Waals surface area contributed by atoms with Crippen LogP contribution in [0.1, 0.15) is 25.5 Å². The molecule has 0 aliphatic carbocycles. The van der Waals surface area contributed by atoms with Crippen LogP contribution in [0.5, 0.6) is 0 Å². The van der Waals surface area contributed by atoms with Crippen molar-refractivity contribution in [2.75, 3.05) is 24.6 Å². The monoisotopic (exact) mass is 369 g/mol. The van der Waals surface area contributed by atoms with Gasteiger partial charge in [0.05, 0.1) is 30.0 Å². The van der Waals surface area contributed by atoms with Crippen molar-refractivity contribution in [1.82, 2.24) is 14.9 Å². The molecule has 142 valence electrons. The maximum atomic E-state index is 12.6. The lowest BCUT2D eigenvalue weighted by atomic mass is 10.1. The third-order valence-corrected chi connectivity index (χ3v) is 4.48. The number of hydrogen-bond acceptors (Lipinski definition) is 6. The average Bonchev–Trinajstić information content (AvgIpc) is 3.14. The first kappa shape index (κ1) is 18.9. The minimum atomic E-state index is -0.641. The van der Waals surface area contributed by atoms with Crippen LogP contribution >= 0.6 is 0 Å².